The van der Waals surface area contributed by atoms with Crippen LogP contribution in [0.5, 0.6) is 5.75 Å². The van der Waals surface area contributed by atoms with Gasteiger partial charge in [0.15, 0.2) is 0 Å². The number of halogens is 2. The summed E-state index contributed by atoms with van der Waals surface area (Å²) in [5.41, 5.74) is 4.53. The lowest BCUT2D eigenvalue weighted by Crippen LogP contribution is -2.29. The first kappa shape index (κ1) is 14.9. The average molecular weight is 298 g/mol. The van der Waals surface area contributed by atoms with Crippen molar-refractivity contribution in [3.8, 4) is 5.75 Å². The Bertz CT molecular complexity index is 520. The molecule has 2 rings (SSSR count). The molecule has 0 aliphatic rings. The van der Waals surface area contributed by atoms with Gasteiger partial charge in [-0.15, -0.1) is 0 Å². The van der Waals surface area contributed by atoms with Crippen LogP contribution in [0.2, 0.25) is 0 Å². The summed E-state index contributed by atoms with van der Waals surface area (Å²) in [6, 6.07) is 8.52. The maximum Gasteiger partial charge on any atom is 0.387 e. The Labute approximate surface area is 120 Å². The van der Waals surface area contributed by atoms with E-state index in [4.69, 9.17) is 5.84 Å². The lowest BCUT2D eigenvalue weighted by molar-refractivity contribution is -0.0507. The zero-order chi connectivity index (χ0) is 14.4. The van der Waals surface area contributed by atoms with Crippen LogP contribution in [-0.4, -0.2) is 6.61 Å². The fourth-order valence-electron chi connectivity index (χ4n) is 2.05. The molecule has 6 heteroatoms. The second-order valence-electron chi connectivity index (χ2n) is 4.31. The Morgan fingerprint density at radius 1 is 1.25 bits per heavy atom. The molecule has 2 aromatic rings. The van der Waals surface area contributed by atoms with E-state index in [2.05, 4.69) is 15.5 Å². The number of aryl methyl sites for hydroxylation is 1. The Morgan fingerprint density at radius 3 is 2.70 bits per heavy atom. The van der Waals surface area contributed by atoms with Gasteiger partial charge in [0.1, 0.15) is 5.75 Å². The quantitative estimate of drug-likeness (QED) is 0.607. The Kier molecular flexibility index (Phi) is 5.46. The topological polar surface area (TPSA) is 47.3 Å². The third-order valence-corrected chi connectivity index (χ3v) is 3.75. The molecule has 0 aliphatic heterocycles. The highest BCUT2D eigenvalue weighted by molar-refractivity contribution is 7.07. The number of hydrazine groups is 1. The summed E-state index contributed by atoms with van der Waals surface area (Å²) < 4.78 is 29.3. The van der Waals surface area contributed by atoms with E-state index in [-0.39, 0.29) is 11.8 Å². The van der Waals surface area contributed by atoms with Gasteiger partial charge in [0.05, 0.1) is 0 Å². The summed E-state index contributed by atoms with van der Waals surface area (Å²) in [5.74, 6) is 5.72. The first-order valence-corrected chi connectivity index (χ1v) is 7.16. The number of nitrogens with one attached hydrogen (secondary N) is 1. The predicted octanol–water partition coefficient (Wildman–Crippen LogP) is 3.49. The first-order valence-electron chi connectivity index (χ1n) is 6.21. The number of hydrogen-bond acceptors (Lipinski definition) is 4. The first-order chi connectivity index (χ1) is 9.70. The van der Waals surface area contributed by atoms with Gasteiger partial charge in [0.2, 0.25) is 0 Å². The van der Waals surface area contributed by atoms with Crippen LogP contribution in [0, 0.1) is 0 Å². The zero-order valence-corrected chi connectivity index (χ0v) is 11.6. The van der Waals surface area contributed by atoms with Crippen molar-refractivity contribution in [3.05, 3.63) is 52.2 Å². The van der Waals surface area contributed by atoms with Gasteiger partial charge in [0, 0.05) is 11.6 Å². The summed E-state index contributed by atoms with van der Waals surface area (Å²) >= 11 is 1.63. The van der Waals surface area contributed by atoms with Crippen molar-refractivity contribution in [1.82, 2.24) is 5.43 Å². The molecule has 3 N–H and O–H groups in total. The smallest absolute Gasteiger partial charge is 0.387 e. The van der Waals surface area contributed by atoms with Gasteiger partial charge in [-0.1, -0.05) is 18.2 Å². The van der Waals surface area contributed by atoms with Crippen LogP contribution in [0.4, 0.5) is 8.78 Å². The number of thiophene rings is 1. The largest absolute Gasteiger partial charge is 0.434 e. The molecule has 0 fully saturated rings. The van der Waals surface area contributed by atoms with Crippen molar-refractivity contribution < 1.29 is 13.5 Å². The Morgan fingerprint density at radius 2 is 2.05 bits per heavy atom. The molecule has 1 atom stereocenters. The third kappa shape index (κ3) is 4.00. The van der Waals surface area contributed by atoms with Crippen molar-refractivity contribution in [2.24, 2.45) is 5.84 Å². The van der Waals surface area contributed by atoms with Crippen LogP contribution >= 0.6 is 11.3 Å². The van der Waals surface area contributed by atoms with Gasteiger partial charge in [0.25, 0.3) is 0 Å². The minimum atomic E-state index is -2.84. The molecule has 20 heavy (non-hydrogen) atoms. The van der Waals surface area contributed by atoms with Crippen LogP contribution in [0.3, 0.4) is 0 Å². The van der Waals surface area contributed by atoms with Crippen LogP contribution in [0.15, 0.2) is 41.1 Å². The van der Waals surface area contributed by atoms with Gasteiger partial charge in [-0.05, 0) is 41.3 Å². The van der Waals surface area contributed by atoms with Crippen molar-refractivity contribution in [3.63, 3.8) is 0 Å². The number of rotatable bonds is 7. The van der Waals surface area contributed by atoms with Gasteiger partial charge in [-0.25, -0.2) is 0 Å². The van der Waals surface area contributed by atoms with E-state index in [0.717, 1.165) is 6.42 Å². The molecule has 108 valence electrons. The van der Waals surface area contributed by atoms with E-state index in [1.165, 1.54) is 11.6 Å². The van der Waals surface area contributed by atoms with Crippen LogP contribution in [0.1, 0.15) is 23.6 Å². The summed E-state index contributed by atoms with van der Waals surface area (Å²) in [6.45, 7) is -2.84. The SMILES string of the molecule is NNC(CCc1ccsc1)c1ccccc1OC(F)F. The molecule has 0 amide bonds. The molecule has 0 spiro atoms. The molecule has 1 aromatic carbocycles. The Balaban J connectivity index is 2.10. The van der Waals surface area contributed by atoms with E-state index < -0.39 is 6.61 Å². The molecular weight excluding hydrogens is 282 g/mol. The molecule has 0 radical (unpaired) electrons. The summed E-state index contributed by atoms with van der Waals surface area (Å²) in [4.78, 5) is 0. The molecule has 0 saturated carbocycles. The highest BCUT2D eigenvalue weighted by Gasteiger charge is 2.17. The Hall–Kier alpha value is -1.50. The average Bonchev–Trinajstić information content (AvgIpc) is 2.94. The summed E-state index contributed by atoms with van der Waals surface area (Å²) in [7, 11) is 0. The number of ether oxygens (including phenoxy) is 1. The maximum atomic E-state index is 12.4. The van der Waals surface area contributed by atoms with Crippen molar-refractivity contribution >= 4 is 11.3 Å². The van der Waals surface area contributed by atoms with E-state index in [0.29, 0.717) is 12.0 Å². The van der Waals surface area contributed by atoms with Crippen LogP contribution < -0.4 is 16.0 Å². The van der Waals surface area contributed by atoms with E-state index >= 15 is 0 Å². The second kappa shape index (κ2) is 7.33. The number of para-hydroxylation sites is 1. The van der Waals surface area contributed by atoms with Crippen molar-refractivity contribution in [2.45, 2.75) is 25.5 Å². The highest BCUT2D eigenvalue weighted by atomic mass is 32.1. The minimum Gasteiger partial charge on any atom is -0.434 e. The van der Waals surface area contributed by atoms with Gasteiger partial charge in [-0.3, -0.25) is 11.3 Å². The summed E-state index contributed by atoms with van der Waals surface area (Å²) in [5, 5.41) is 4.07. The third-order valence-electron chi connectivity index (χ3n) is 3.01. The van der Waals surface area contributed by atoms with Crippen LogP contribution in [0.25, 0.3) is 0 Å². The number of hydrogen-bond donors (Lipinski definition) is 2. The molecule has 1 aromatic heterocycles. The van der Waals surface area contributed by atoms with Gasteiger partial charge >= 0.3 is 6.61 Å². The molecule has 1 heterocycles. The molecule has 3 nitrogen and oxygen atoms in total. The molecule has 0 saturated heterocycles. The highest BCUT2D eigenvalue weighted by Crippen LogP contribution is 2.29. The maximum absolute atomic E-state index is 12.4. The van der Waals surface area contributed by atoms with E-state index in [9.17, 15) is 8.78 Å². The normalized spacial score (nSPS) is 12.6. The lowest BCUT2D eigenvalue weighted by atomic mass is 10.00. The van der Waals surface area contributed by atoms with Crippen LogP contribution in [-0.2, 0) is 6.42 Å². The van der Waals surface area contributed by atoms with Crippen molar-refractivity contribution in [1.29, 1.82) is 0 Å². The molecule has 1 unspecified atom stereocenters. The predicted molar refractivity (Wildman–Crippen MR) is 75.8 cm³/mol. The van der Waals surface area contributed by atoms with E-state index in [1.54, 1.807) is 29.5 Å². The lowest BCUT2D eigenvalue weighted by Gasteiger charge is -2.19. The molecule has 0 aliphatic carbocycles. The zero-order valence-electron chi connectivity index (χ0n) is 10.8. The second-order valence-corrected chi connectivity index (χ2v) is 5.09. The molecule has 0 bridgehead atoms. The number of benzene rings is 1. The monoisotopic (exact) mass is 298 g/mol. The fraction of sp³-hybridized carbons (Fsp3) is 0.286. The number of alkyl halides is 2. The molecular formula is C14H16F2N2OS. The summed E-state index contributed by atoms with van der Waals surface area (Å²) in [6.07, 6.45) is 1.53. The standard InChI is InChI=1S/C14H16F2N2OS/c15-14(16)19-13-4-2-1-3-11(13)12(18-17)6-5-10-7-8-20-9-10/h1-4,7-9,12,14,18H,5-6,17H2. The van der Waals surface area contributed by atoms with Gasteiger partial charge < -0.3 is 4.74 Å². The van der Waals surface area contributed by atoms with E-state index in [1.807, 2.05) is 11.4 Å². The van der Waals surface area contributed by atoms with Crippen molar-refractivity contribution in [2.75, 3.05) is 0 Å². The minimum absolute atomic E-state index is 0.163. The van der Waals surface area contributed by atoms with Gasteiger partial charge in [-0.2, -0.15) is 20.1 Å². The number of nitrogens with two attached hydrogens (primary N) is 1. The fourth-order valence-corrected chi connectivity index (χ4v) is 2.75.